The predicted molar refractivity (Wildman–Crippen MR) is 86.9 cm³/mol. The zero-order chi connectivity index (χ0) is 16.7. The highest BCUT2D eigenvalue weighted by Crippen LogP contribution is 2.19. The van der Waals surface area contributed by atoms with Crippen LogP contribution < -0.4 is 5.32 Å². The van der Waals surface area contributed by atoms with Crippen LogP contribution in [0.15, 0.2) is 29.0 Å². The maximum Gasteiger partial charge on any atom is 0.232 e. The van der Waals surface area contributed by atoms with Gasteiger partial charge in [-0.15, -0.1) is 0 Å². The molecule has 1 amide bonds. The molecule has 0 aromatic carbocycles. The number of rotatable bonds is 7. The maximum absolute atomic E-state index is 11.8. The van der Waals surface area contributed by atoms with Crippen molar-refractivity contribution < 1.29 is 9.32 Å². The SMILES string of the molecule is CC(C)(C)c1nc(CCNC(=O)CCCc2cccnc2)no1. The van der Waals surface area contributed by atoms with Gasteiger partial charge in [-0.25, -0.2) is 0 Å². The highest BCUT2D eigenvalue weighted by atomic mass is 16.5. The Labute approximate surface area is 136 Å². The molecule has 0 aliphatic carbocycles. The zero-order valence-electron chi connectivity index (χ0n) is 14.0. The summed E-state index contributed by atoms with van der Waals surface area (Å²) >= 11 is 0. The van der Waals surface area contributed by atoms with Crippen LogP contribution in [0.3, 0.4) is 0 Å². The number of amides is 1. The summed E-state index contributed by atoms with van der Waals surface area (Å²) in [5, 5.41) is 6.83. The van der Waals surface area contributed by atoms with Gasteiger partial charge in [-0.1, -0.05) is 32.0 Å². The topological polar surface area (TPSA) is 80.9 Å². The first-order valence-electron chi connectivity index (χ1n) is 7.94. The van der Waals surface area contributed by atoms with Crippen molar-refractivity contribution in [1.82, 2.24) is 20.4 Å². The molecule has 0 radical (unpaired) electrons. The highest BCUT2D eigenvalue weighted by molar-refractivity contribution is 5.75. The lowest BCUT2D eigenvalue weighted by atomic mass is 9.97. The molecule has 1 N–H and O–H groups in total. The number of hydrogen-bond donors (Lipinski definition) is 1. The van der Waals surface area contributed by atoms with E-state index in [4.69, 9.17) is 4.52 Å². The van der Waals surface area contributed by atoms with Crippen LogP contribution in [0, 0.1) is 0 Å². The Bertz CT molecular complexity index is 617. The minimum absolute atomic E-state index is 0.0495. The van der Waals surface area contributed by atoms with E-state index >= 15 is 0 Å². The molecule has 6 heteroatoms. The minimum atomic E-state index is -0.152. The predicted octanol–water partition coefficient (Wildman–Crippen LogP) is 2.44. The molecule has 2 aromatic rings. The molecule has 0 fully saturated rings. The molecular formula is C17H24N4O2. The largest absolute Gasteiger partial charge is 0.356 e. The number of nitrogens with zero attached hydrogens (tertiary/aromatic N) is 3. The lowest BCUT2D eigenvalue weighted by Gasteiger charge is -2.10. The molecule has 0 unspecified atom stereocenters. The van der Waals surface area contributed by atoms with Crippen molar-refractivity contribution in [2.45, 2.75) is 51.9 Å². The van der Waals surface area contributed by atoms with Gasteiger partial charge in [0.2, 0.25) is 11.8 Å². The maximum atomic E-state index is 11.8. The first-order valence-corrected chi connectivity index (χ1v) is 7.94. The monoisotopic (exact) mass is 316 g/mol. The van der Waals surface area contributed by atoms with E-state index in [0.29, 0.717) is 31.1 Å². The van der Waals surface area contributed by atoms with Crippen molar-refractivity contribution in [3.63, 3.8) is 0 Å². The number of aryl methyl sites for hydroxylation is 1. The summed E-state index contributed by atoms with van der Waals surface area (Å²) in [5.41, 5.74) is 1.00. The summed E-state index contributed by atoms with van der Waals surface area (Å²) in [6, 6.07) is 3.93. The number of pyridine rings is 1. The Morgan fingerprint density at radius 1 is 1.30 bits per heavy atom. The summed E-state index contributed by atoms with van der Waals surface area (Å²) in [5.74, 6) is 1.30. The third-order valence-electron chi connectivity index (χ3n) is 3.37. The van der Waals surface area contributed by atoms with E-state index in [0.717, 1.165) is 18.4 Å². The summed E-state index contributed by atoms with van der Waals surface area (Å²) in [7, 11) is 0. The van der Waals surface area contributed by atoms with Gasteiger partial charge in [-0.05, 0) is 24.5 Å². The van der Waals surface area contributed by atoms with Crippen LogP contribution in [0.2, 0.25) is 0 Å². The third-order valence-corrected chi connectivity index (χ3v) is 3.37. The molecule has 0 atom stereocenters. The number of aromatic nitrogens is 3. The Balaban J connectivity index is 1.64. The molecule has 0 aliphatic heterocycles. The molecule has 0 saturated carbocycles. The summed E-state index contributed by atoms with van der Waals surface area (Å²) < 4.78 is 5.22. The average molecular weight is 316 g/mol. The minimum Gasteiger partial charge on any atom is -0.356 e. The van der Waals surface area contributed by atoms with Crippen molar-refractivity contribution in [2.24, 2.45) is 0 Å². The van der Waals surface area contributed by atoms with Crippen LogP contribution in [0.4, 0.5) is 0 Å². The van der Waals surface area contributed by atoms with E-state index in [2.05, 4.69) is 20.4 Å². The molecule has 2 heterocycles. The molecular weight excluding hydrogens is 292 g/mol. The number of nitrogens with one attached hydrogen (secondary N) is 1. The second-order valence-electron chi connectivity index (χ2n) is 6.58. The van der Waals surface area contributed by atoms with Crippen LogP contribution in [-0.4, -0.2) is 27.6 Å². The first-order chi connectivity index (χ1) is 10.9. The fourth-order valence-electron chi connectivity index (χ4n) is 2.06. The second kappa shape index (κ2) is 7.85. The molecule has 6 nitrogen and oxygen atoms in total. The third kappa shape index (κ3) is 5.81. The van der Waals surface area contributed by atoms with E-state index in [9.17, 15) is 4.79 Å². The van der Waals surface area contributed by atoms with Crippen molar-refractivity contribution >= 4 is 5.91 Å². The molecule has 2 rings (SSSR count). The smallest absolute Gasteiger partial charge is 0.232 e. The molecule has 2 aromatic heterocycles. The summed E-state index contributed by atoms with van der Waals surface area (Å²) in [4.78, 5) is 20.2. The lowest BCUT2D eigenvalue weighted by Crippen LogP contribution is -2.25. The number of hydrogen-bond acceptors (Lipinski definition) is 5. The second-order valence-corrected chi connectivity index (χ2v) is 6.58. The summed E-state index contributed by atoms with van der Waals surface area (Å²) in [6.07, 6.45) is 6.34. The van der Waals surface area contributed by atoms with E-state index < -0.39 is 0 Å². The zero-order valence-corrected chi connectivity index (χ0v) is 14.0. The Hall–Kier alpha value is -2.24. The van der Waals surface area contributed by atoms with E-state index in [-0.39, 0.29) is 11.3 Å². The fourth-order valence-corrected chi connectivity index (χ4v) is 2.06. The Morgan fingerprint density at radius 3 is 2.78 bits per heavy atom. The van der Waals surface area contributed by atoms with Gasteiger partial charge in [0.25, 0.3) is 0 Å². The first kappa shape index (κ1) is 17.1. The van der Waals surface area contributed by atoms with Crippen molar-refractivity contribution in [1.29, 1.82) is 0 Å². The quantitative estimate of drug-likeness (QED) is 0.848. The van der Waals surface area contributed by atoms with Crippen LogP contribution in [0.1, 0.15) is 50.9 Å². The molecule has 0 aliphatic rings. The molecule has 0 saturated heterocycles. The highest BCUT2D eigenvalue weighted by Gasteiger charge is 2.21. The van der Waals surface area contributed by atoms with Crippen LogP contribution in [-0.2, 0) is 23.1 Å². The van der Waals surface area contributed by atoms with E-state index in [1.807, 2.05) is 39.1 Å². The average Bonchev–Trinajstić information content (AvgIpc) is 2.97. The van der Waals surface area contributed by atoms with Crippen LogP contribution in [0.5, 0.6) is 0 Å². The standard InChI is InChI=1S/C17H24N4O2/c1-17(2,3)16-20-14(21-23-16)9-11-19-15(22)8-4-6-13-7-5-10-18-12-13/h5,7,10,12H,4,6,8-9,11H2,1-3H3,(H,19,22). The normalized spacial score (nSPS) is 11.4. The van der Waals surface area contributed by atoms with Gasteiger partial charge in [-0.3, -0.25) is 9.78 Å². The van der Waals surface area contributed by atoms with Crippen molar-refractivity contribution in [3.8, 4) is 0 Å². The molecule has 0 spiro atoms. The van der Waals surface area contributed by atoms with Gasteiger partial charge in [0.05, 0.1) is 0 Å². The molecule has 23 heavy (non-hydrogen) atoms. The molecule has 0 bridgehead atoms. The number of carbonyl (C=O) groups is 1. The Morgan fingerprint density at radius 2 is 2.13 bits per heavy atom. The van der Waals surface area contributed by atoms with Gasteiger partial charge < -0.3 is 9.84 Å². The van der Waals surface area contributed by atoms with Crippen LogP contribution >= 0.6 is 0 Å². The van der Waals surface area contributed by atoms with Crippen LogP contribution in [0.25, 0.3) is 0 Å². The van der Waals surface area contributed by atoms with Gasteiger partial charge >= 0.3 is 0 Å². The lowest BCUT2D eigenvalue weighted by molar-refractivity contribution is -0.121. The van der Waals surface area contributed by atoms with E-state index in [1.54, 1.807) is 6.20 Å². The van der Waals surface area contributed by atoms with Gasteiger partial charge in [0, 0.05) is 37.2 Å². The van der Waals surface area contributed by atoms with Crippen molar-refractivity contribution in [2.75, 3.05) is 6.54 Å². The van der Waals surface area contributed by atoms with Gasteiger partial charge in [0.15, 0.2) is 5.82 Å². The van der Waals surface area contributed by atoms with Gasteiger partial charge in [0.1, 0.15) is 0 Å². The summed E-state index contributed by atoms with van der Waals surface area (Å²) in [6.45, 7) is 6.59. The van der Waals surface area contributed by atoms with Gasteiger partial charge in [-0.2, -0.15) is 4.98 Å². The number of carbonyl (C=O) groups excluding carboxylic acids is 1. The fraction of sp³-hybridized carbons (Fsp3) is 0.529. The van der Waals surface area contributed by atoms with Crippen molar-refractivity contribution in [3.05, 3.63) is 41.8 Å². The molecule has 124 valence electrons. The van der Waals surface area contributed by atoms with E-state index in [1.165, 1.54) is 0 Å². The Kier molecular flexibility index (Phi) is 5.84.